The molecule has 7 nitrogen and oxygen atoms in total. The maximum Gasteiger partial charge on any atom is 0.230 e. The summed E-state index contributed by atoms with van der Waals surface area (Å²) in [6, 6.07) is 5.95. The van der Waals surface area contributed by atoms with Gasteiger partial charge < -0.3 is 14.6 Å². The Bertz CT molecular complexity index is 944. The van der Waals surface area contributed by atoms with E-state index in [1.807, 2.05) is 45.9 Å². The number of amides is 1. The Kier molecular flexibility index (Phi) is 5.55. The Labute approximate surface area is 161 Å². The molecule has 0 radical (unpaired) electrons. The van der Waals surface area contributed by atoms with E-state index in [1.165, 1.54) is 16.9 Å². The Balaban J connectivity index is 1.64. The average Bonchev–Trinajstić information content (AvgIpc) is 3.21. The summed E-state index contributed by atoms with van der Waals surface area (Å²) < 4.78 is 11.1. The molecule has 3 aromatic rings. The number of hydrogen-bond donors (Lipinski definition) is 1. The first kappa shape index (κ1) is 19.0. The summed E-state index contributed by atoms with van der Waals surface area (Å²) in [5.74, 6) is 1.29. The number of ether oxygens (including phenoxy) is 1. The molecule has 1 aromatic carbocycles. The van der Waals surface area contributed by atoms with E-state index < -0.39 is 0 Å². The van der Waals surface area contributed by atoms with Crippen LogP contribution >= 0.6 is 11.3 Å². The van der Waals surface area contributed by atoms with Crippen molar-refractivity contribution >= 4 is 22.4 Å². The Morgan fingerprint density at radius 1 is 1.26 bits per heavy atom. The van der Waals surface area contributed by atoms with Gasteiger partial charge in [0.2, 0.25) is 11.0 Å². The first-order chi connectivity index (χ1) is 12.8. The second kappa shape index (κ2) is 7.87. The first-order valence-electron chi connectivity index (χ1n) is 8.63. The number of carbonyl (C=O) groups excluding carboxylic acids is 1. The molecule has 0 saturated carbocycles. The van der Waals surface area contributed by atoms with Crippen LogP contribution in [0.1, 0.15) is 46.2 Å². The highest BCUT2D eigenvalue weighted by Crippen LogP contribution is 2.29. The summed E-state index contributed by atoms with van der Waals surface area (Å²) in [5, 5.41) is 16.0. The van der Waals surface area contributed by atoms with Crippen LogP contribution < -0.4 is 10.1 Å². The Morgan fingerprint density at radius 2 is 2.04 bits per heavy atom. The first-order valence-corrected chi connectivity index (χ1v) is 9.44. The molecule has 0 aliphatic carbocycles. The predicted molar refractivity (Wildman–Crippen MR) is 103 cm³/mol. The minimum absolute atomic E-state index is 0.185. The van der Waals surface area contributed by atoms with E-state index in [-0.39, 0.29) is 18.4 Å². The van der Waals surface area contributed by atoms with Crippen molar-refractivity contribution in [3.63, 3.8) is 0 Å². The summed E-state index contributed by atoms with van der Waals surface area (Å²) in [5.41, 5.74) is 3.78. The zero-order valence-electron chi connectivity index (χ0n) is 16.0. The van der Waals surface area contributed by atoms with Gasteiger partial charge in [0.1, 0.15) is 17.6 Å². The topological polar surface area (TPSA) is 90.1 Å². The van der Waals surface area contributed by atoms with Crippen LogP contribution in [-0.4, -0.2) is 21.3 Å². The van der Waals surface area contributed by atoms with Gasteiger partial charge in [0, 0.05) is 5.56 Å². The van der Waals surface area contributed by atoms with Gasteiger partial charge in [-0.25, -0.2) is 0 Å². The van der Waals surface area contributed by atoms with Crippen LogP contribution in [-0.2, 0) is 11.2 Å². The molecule has 0 bridgehead atoms. The third-order valence-corrected chi connectivity index (χ3v) is 5.41. The van der Waals surface area contributed by atoms with Crippen LogP contribution in [0.3, 0.4) is 0 Å². The molecule has 0 aliphatic heterocycles. The quantitative estimate of drug-likeness (QED) is 0.686. The summed E-state index contributed by atoms with van der Waals surface area (Å²) in [6.45, 7) is 9.59. The van der Waals surface area contributed by atoms with Crippen molar-refractivity contribution < 1.29 is 14.1 Å². The molecule has 0 aliphatic rings. The minimum atomic E-state index is -0.267. The van der Waals surface area contributed by atoms with Crippen molar-refractivity contribution in [2.45, 2.75) is 47.1 Å². The summed E-state index contributed by atoms with van der Waals surface area (Å²) in [6.07, 6.45) is -0.0823. The standard InChI is InChI=1S/C19H22N4O3S/c1-10-7-6-8-16(11(10)2)25-14(5)18-21-22-19(27-18)20-17(24)9-15-12(3)23-26-13(15)4/h6-8,14H,9H2,1-5H3,(H,20,22,24). The molecule has 1 N–H and O–H groups in total. The fourth-order valence-corrected chi connectivity index (χ4v) is 3.36. The van der Waals surface area contributed by atoms with Gasteiger partial charge >= 0.3 is 0 Å². The van der Waals surface area contributed by atoms with Gasteiger partial charge in [0.05, 0.1) is 12.1 Å². The van der Waals surface area contributed by atoms with Crippen LogP contribution in [0.4, 0.5) is 5.13 Å². The van der Waals surface area contributed by atoms with E-state index in [0.717, 1.165) is 22.6 Å². The molecule has 1 amide bonds. The number of benzene rings is 1. The lowest BCUT2D eigenvalue weighted by molar-refractivity contribution is -0.115. The second-order valence-electron chi connectivity index (χ2n) is 6.43. The number of aryl methyl sites for hydroxylation is 3. The normalized spacial score (nSPS) is 12.0. The van der Waals surface area contributed by atoms with E-state index in [1.54, 1.807) is 6.92 Å². The third kappa shape index (κ3) is 4.33. The largest absolute Gasteiger partial charge is 0.483 e. The molecule has 2 heterocycles. The maximum atomic E-state index is 12.3. The molecule has 1 unspecified atom stereocenters. The van der Waals surface area contributed by atoms with Crippen molar-refractivity contribution in [1.29, 1.82) is 0 Å². The summed E-state index contributed by atoms with van der Waals surface area (Å²) >= 11 is 1.30. The SMILES string of the molecule is Cc1cccc(OC(C)c2nnc(NC(=O)Cc3c(C)noc3C)s2)c1C. The molecule has 0 fully saturated rings. The molecule has 8 heteroatoms. The van der Waals surface area contributed by atoms with Crippen molar-refractivity contribution in [2.24, 2.45) is 0 Å². The van der Waals surface area contributed by atoms with Gasteiger partial charge in [-0.1, -0.05) is 28.6 Å². The molecular formula is C19H22N4O3S. The van der Waals surface area contributed by atoms with Crippen LogP contribution in [0, 0.1) is 27.7 Å². The second-order valence-corrected chi connectivity index (χ2v) is 7.44. The number of nitrogens with zero attached hydrogens (tertiary/aromatic N) is 3. The number of rotatable bonds is 6. The van der Waals surface area contributed by atoms with Gasteiger partial charge in [-0.3, -0.25) is 4.79 Å². The maximum absolute atomic E-state index is 12.3. The van der Waals surface area contributed by atoms with E-state index >= 15 is 0 Å². The smallest absolute Gasteiger partial charge is 0.230 e. The van der Waals surface area contributed by atoms with E-state index in [0.29, 0.717) is 15.9 Å². The highest BCUT2D eigenvalue weighted by molar-refractivity contribution is 7.15. The Morgan fingerprint density at radius 3 is 2.74 bits per heavy atom. The summed E-state index contributed by atoms with van der Waals surface area (Å²) in [7, 11) is 0. The van der Waals surface area contributed by atoms with Gasteiger partial charge in [-0.15, -0.1) is 10.2 Å². The highest BCUT2D eigenvalue weighted by Gasteiger charge is 2.18. The van der Waals surface area contributed by atoms with Crippen molar-refractivity contribution in [1.82, 2.24) is 15.4 Å². The third-order valence-electron chi connectivity index (χ3n) is 4.41. The molecule has 0 spiro atoms. The number of anilines is 1. The van der Waals surface area contributed by atoms with Crippen LogP contribution in [0.2, 0.25) is 0 Å². The monoisotopic (exact) mass is 386 g/mol. The highest BCUT2D eigenvalue weighted by atomic mass is 32.1. The zero-order chi connectivity index (χ0) is 19.6. The fourth-order valence-electron chi connectivity index (χ4n) is 2.62. The number of nitrogens with one attached hydrogen (secondary N) is 1. The van der Waals surface area contributed by atoms with Gasteiger partial charge in [0.15, 0.2) is 5.01 Å². The predicted octanol–water partition coefficient (Wildman–Crippen LogP) is 4.08. The van der Waals surface area contributed by atoms with Gasteiger partial charge in [-0.2, -0.15) is 0 Å². The van der Waals surface area contributed by atoms with Crippen LogP contribution in [0.5, 0.6) is 5.75 Å². The van der Waals surface area contributed by atoms with E-state index in [9.17, 15) is 4.79 Å². The number of aromatic nitrogens is 3. The van der Waals surface area contributed by atoms with Crippen molar-refractivity contribution in [2.75, 3.05) is 5.32 Å². The van der Waals surface area contributed by atoms with Gasteiger partial charge in [0.25, 0.3) is 0 Å². The number of hydrogen-bond acceptors (Lipinski definition) is 7. The molecule has 27 heavy (non-hydrogen) atoms. The average molecular weight is 386 g/mol. The van der Waals surface area contributed by atoms with Crippen molar-refractivity contribution in [3.8, 4) is 5.75 Å². The van der Waals surface area contributed by atoms with Crippen LogP contribution in [0.15, 0.2) is 22.7 Å². The van der Waals surface area contributed by atoms with Crippen molar-refractivity contribution in [3.05, 3.63) is 51.4 Å². The molecule has 2 aromatic heterocycles. The summed E-state index contributed by atoms with van der Waals surface area (Å²) in [4.78, 5) is 12.3. The molecule has 142 valence electrons. The number of carbonyl (C=O) groups is 1. The molecule has 0 saturated heterocycles. The van der Waals surface area contributed by atoms with E-state index in [2.05, 4.69) is 20.7 Å². The Hall–Kier alpha value is -2.74. The lowest BCUT2D eigenvalue weighted by atomic mass is 10.1. The lowest BCUT2D eigenvalue weighted by Crippen LogP contribution is -2.15. The van der Waals surface area contributed by atoms with E-state index in [4.69, 9.17) is 9.26 Å². The van der Waals surface area contributed by atoms with Gasteiger partial charge in [-0.05, 0) is 51.8 Å². The zero-order valence-corrected chi connectivity index (χ0v) is 16.8. The molecule has 3 rings (SSSR count). The minimum Gasteiger partial charge on any atom is -0.483 e. The fraction of sp³-hybridized carbons (Fsp3) is 0.368. The lowest BCUT2D eigenvalue weighted by Gasteiger charge is -2.14. The molecular weight excluding hydrogens is 364 g/mol. The van der Waals surface area contributed by atoms with Crippen LogP contribution in [0.25, 0.3) is 0 Å². The molecule has 1 atom stereocenters.